The third kappa shape index (κ3) is 3.46. The number of hydrogen-bond donors (Lipinski definition) is 2. The molecule has 0 spiro atoms. The lowest BCUT2D eigenvalue weighted by Gasteiger charge is -2.56. The van der Waals surface area contributed by atoms with Crippen molar-refractivity contribution in [1.82, 2.24) is 5.43 Å². The van der Waals surface area contributed by atoms with Crippen LogP contribution < -0.4 is 5.43 Å². The zero-order chi connectivity index (χ0) is 17.4. The molecule has 5 heteroatoms. The molecule has 4 aliphatic rings. The number of carboxylic acid groups (broad SMARTS) is 1. The second-order valence-electron chi connectivity index (χ2n) is 8.31. The molecule has 0 aromatic heterocycles. The lowest BCUT2D eigenvalue weighted by atomic mass is 9.49. The summed E-state index contributed by atoms with van der Waals surface area (Å²) in [5, 5.41) is 12.9. The number of nitrogens with zero attached hydrogens (tertiary/aromatic N) is 1. The lowest BCUT2D eigenvalue weighted by Crippen LogP contribution is -2.47. The van der Waals surface area contributed by atoms with Crippen molar-refractivity contribution in [3.05, 3.63) is 35.4 Å². The van der Waals surface area contributed by atoms with Gasteiger partial charge in [-0.3, -0.25) is 4.79 Å². The van der Waals surface area contributed by atoms with Gasteiger partial charge in [-0.05, 0) is 79.4 Å². The molecule has 1 aromatic rings. The van der Waals surface area contributed by atoms with Crippen molar-refractivity contribution < 1.29 is 14.7 Å². The summed E-state index contributed by atoms with van der Waals surface area (Å²) in [6.07, 6.45) is 9.93. The number of hydrogen-bond acceptors (Lipinski definition) is 3. The highest BCUT2D eigenvalue weighted by molar-refractivity contribution is 5.89. The van der Waals surface area contributed by atoms with Crippen molar-refractivity contribution in [3.8, 4) is 0 Å². The number of carbonyl (C=O) groups is 2. The molecule has 4 aliphatic carbocycles. The van der Waals surface area contributed by atoms with E-state index < -0.39 is 5.97 Å². The lowest BCUT2D eigenvalue weighted by molar-refractivity contribution is -0.129. The van der Waals surface area contributed by atoms with Gasteiger partial charge in [-0.2, -0.15) is 5.10 Å². The number of carboxylic acids is 1. The Kier molecular flexibility index (Phi) is 4.10. The Morgan fingerprint density at radius 2 is 1.64 bits per heavy atom. The van der Waals surface area contributed by atoms with E-state index in [4.69, 9.17) is 5.11 Å². The Labute approximate surface area is 147 Å². The predicted molar refractivity (Wildman–Crippen MR) is 94.4 cm³/mol. The van der Waals surface area contributed by atoms with Crippen LogP contribution in [0.15, 0.2) is 29.4 Å². The smallest absolute Gasteiger partial charge is 0.335 e. The summed E-state index contributed by atoms with van der Waals surface area (Å²) < 4.78 is 0. The van der Waals surface area contributed by atoms with Gasteiger partial charge in [0, 0.05) is 6.42 Å². The zero-order valence-electron chi connectivity index (χ0n) is 14.3. The van der Waals surface area contributed by atoms with E-state index in [2.05, 4.69) is 10.5 Å². The van der Waals surface area contributed by atoms with E-state index in [0.717, 1.165) is 23.3 Å². The minimum atomic E-state index is -0.952. The van der Waals surface area contributed by atoms with Gasteiger partial charge in [0.2, 0.25) is 5.91 Å². The van der Waals surface area contributed by atoms with Crippen LogP contribution in [-0.4, -0.2) is 23.2 Å². The molecular formula is C20H24N2O3. The van der Waals surface area contributed by atoms with Gasteiger partial charge in [-0.15, -0.1) is 0 Å². The predicted octanol–water partition coefficient (Wildman–Crippen LogP) is 3.44. The van der Waals surface area contributed by atoms with Crippen LogP contribution in [0, 0.1) is 23.2 Å². The molecule has 0 aliphatic heterocycles. The summed E-state index contributed by atoms with van der Waals surface area (Å²) in [5.74, 6) is 1.58. The fourth-order valence-electron chi connectivity index (χ4n) is 5.78. The number of hydrazone groups is 1. The van der Waals surface area contributed by atoms with Crippen LogP contribution in [0.5, 0.6) is 0 Å². The maximum atomic E-state index is 12.4. The molecule has 2 N–H and O–H groups in total. The fourth-order valence-corrected chi connectivity index (χ4v) is 5.78. The molecule has 5 nitrogen and oxygen atoms in total. The number of rotatable bonds is 5. The number of carbonyl (C=O) groups excluding carboxylic acids is 1. The summed E-state index contributed by atoms with van der Waals surface area (Å²) >= 11 is 0. The van der Waals surface area contributed by atoms with Crippen molar-refractivity contribution >= 4 is 18.1 Å². The average Bonchev–Trinajstić information content (AvgIpc) is 2.53. The first kappa shape index (κ1) is 16.3. The molecule has 0 saturated heterocycles. The van der Waals surface area contributed by atoms with Gasteiger partial charge in [0.05, 0.1) is 11.8 Å². The first-order valence-electron chi connectivity index (χ1n) is 9.17. The van der Waals surface area contributed by atoms with Crippen LogP contribution in [0.4, 0.5) is 0 Å². The Bertz CT molecular complexity index is 673. The molecule has 4 bridgehead atoms. The molecule has 4 saturated carbocycles. The van der Waals surface area contributed by atoms with E-state index in [1.54, 1.807) is 18.3 Å². The zero-order valence-corrected chi connectivity index (χ0v) is 14.3. The summed E-state index contributed by atoms with van der Waals surface area (Å²) in [7, 11) is 0. The largest absolute Gasteiger partial charge is 0.478 e. The SMILES string of the molecule is O=C(CC12CC3CC(CC(C3)C1)C2)N/N=C/c1ccc(C(=O)O)cc1. The molecule has 0 radical (unpaired) electrons. The maximum Gasteiger partial charge on any atom is 0.335 e. The number of benzene rings is 1. The minimum absolute atomic E-state index is 0.000330. The molecule has 132 valence electrons. The van der Waals surface area contributed by atoms with Crippen molar-refractivity contribution in [3.63, 3.8) is 0 Å². The monoisotopic (exact) mass is 340 g/mol. The van der Waals surface area contributed by atoms with Gasteiger partial charge >= 0.3 is 5.97 Å². The standard InChI is InChI=1S/C20H24N2O3/c23-18(22-21-12-13-1-3-17(4-2-13)19(24)25)11-20-8-14-5-15(9-20)7-16(6-14)10-20/h1-4,12,14-16H,5-11H2,(H,22,23)(H,24,25)/b21-12+. The normalized spacial score (nSPS) is 32.9. The van der Waals surface area contributed by atoms with Crippen LogP contribution in [0.1, 0.15) is 60.9 Å². The molecule has 1 amide bonds. The van der Waals surface area contributed by atoms with Crippen LogP contribution in [0.25, 0.3) is 0 Å². The Hall–Kier alpha value is -2.17. The van der Waals surface area contributed by atoms with Crippen LogP contribution in [0.3, 0.4) is 0 Å². The topological polar surface area (TPSA) is 78.8 Å². The summed E-state index contributed by atoms with van der Waals surface area (Å²) in [5.41, 5.74) is 3.88. The third-order valence-corrected chi connectivity index (χ3v) is 6.26. The number of aromatic carboxylic acids is 1. The van der Waals surface area contributed by atoms with E-state index >= 15 is 0 Å². The first-order chi connectivity index (χ1) is 12.0. The highest BCUT2D eigenvalue weighted by atomic mass is 16.4. The molecule has 5 rings (SSSR count). The Morgan fingerprint density at radius 1 is 1.08 bits per heavy atom. The van der Waals surface area contributed by atoms with Crippen molar-refractivity contribution in [2.75, 3.05) is 0 Å². The molecule has 4 fully saturated rings. The van der Waals surface area contributed by atoms with Crippen LogP contribution >= 0.6 is 0 Å². The Balaban J connectivity index is 1.33. The Morgan fingerprint density at radius 3 is 2.16 bits per heavy atom. The van der Waals surface area contributed by atoms with Gasteiger partial charge in [0.15, 0.2) is 0 Å². The summed E-state index contributed by atoms with van der Waals surface area (Å²) in [4.78, 5) is 23.2. The van der Waals surface area contributed by atoms with Gasteiger partial charge in [0.1, 0.15) is 0 Å². The second-order valence-corrected chi connectivity index (χ2v) is 8.31. The number of nitrogens with one attached hydrogen (secondary N) is 1. The summed E-state index contributed by atoms with van der Waals surface area (Å²) in [6.45, 7) is 0. The second kappa shape index (κ2) is 6.28. The molecule has 0 unspecified atom stereocenters. The molecule has 0 atom stereocenters. The average molecular weight is 340 g/mol. The van der Waals surface area contributed by atoms with Crippen molar-refractivity contribution in [2.45, 2.75) is 44.9 Å². The maximum absolute atomic E-state index is 12.4. The number of amides is 1. The van der Waals surface area contributed by atoms with Gasteiger partial charge in [-0.25, -0.2) is 10.2 Å². The minimum Gasteiger partial charge on any atom is -0.478 e. The van der Waals surface area contributed by atoms with Crippen molar-refractivity contribution in [2.24, 2.45) is 28.3 Å². The van der Waals surface area contributed by atoms with E-state index in [1.165, 1.54) is 50.7 Å². The van der Waals surface area contributed by atoms with Gasteiger partial charge in [-0.1, -0.05) is 12.1 Å². The van der Waals surface area contributed by atoms with Crippen LogP contribution in [0.2, 0.25) is 0 Å². The van der Waals surface area contributed by atoms with Crippen molar-refractivity contribution in [1.29, 1.82) is 0 Å². The van der Waals surface area contributed by atoms with E-state index in [-0.39, 0.29) is 16.9 Å². The quantitative estimate of drug-likeness (QED) is 0.636. The molecular weight excluding hydrogens is 316 g/mol. The van der Waals surface area contributed by atoms with Gasteiger partial charge < -0.3 is 5.11 Å². The fraction of sp³-hybridized carbons (Fsp3) is 0.550. The molecule has 25 heavy (non-hydrogen) atoms. The van der Waals surface area contributed by atoms with Gasteiger partial charge in [0.25, 0.3) is 0 Å². The molecule has 0 heterocycles. The van der Waals surface area contributed by atoms with E-state index in [0.29, 0.717) is 6.42 Å². The van der Waals surface area contributed by atoms with Crippen LogP contribution in [-0.2, 0) is 4.79 Å². The van der Waals surface area contributed by atoms with E-state index in [1.807, 2.05) is 0 Å². The highest BCUT2D eigenvalue weighted by Gasteiger charge is 2.51. The first-order valence-corrected chi connectivity index (χ1v) is 9.17. The molecule has 1 aromatic carbocycles. The summed E-state index contributed by atoms with van der Waals surface area (Å²) in [6, 6.07) is 6.41. The third-order valence-electron chi connectivity index (χ3n) is 6.26. The highest BCUT2D eigenvalue weighted by Crippen LogP contribution is 2.61. The van der Waals surface area contributed by atoms with E-state index in [9.17, 15) is 9.59 Å².